The Hall–Kier alpha value is -3.66. The van der Waals surface area contributed by atoms with Crippen LogP contribution in [-0.4, -0.2) is 15.8 Å². The van der Waals surface area contributed by atoms with E-state index in [4.69, 9.17) is 4.42 Å². The number of furan rings is 1. The number of carbonyl (C=O) groups is 1. The third-order valence-electron chi connectivity index (χ3n) is 4.77. The normalized spacial score (nSPS) is 10.6. The van der Waals surface area contributed by atoms with E-state index >= 15 is 0 Å². The van der Waals surface area contributed by atoms with Crippen LogP contribution in [-0.2, 0) is 24.3 Å². The van der Waals surface area contributed by atoms with Crippen molar-refractivity contribution in [3.8, 4) is 11.1 Å². The predicted octanol–water partition coefficient (Wildman–Crippen LogP) is 5.11. The van der Waals surface area contributed by atoms with Crippen LogP contribution < -0.4 is 0 Å². The molecule has 29 heavy (non-hydrogen) atoms. The van der Waals surface area contributed by atoms with Crippen molar-refractivity contribution in [2.45, 2.75) is 19.5 Å². The molecule has 4 heteroatoms. The summed E-state index contributed by atoms with van der Waals surface area (Å²) in [7, 11) is 0. The lowest BCUT2D eigenvalue weighted by atomic mass is 10.0. The van der Waals surface area contributed by atoms with E-state index in [0.29, 0.717) is 19.5 Å². The highest BCUT2D eigenvalue weighted by Crippen LogP contribution is 2.20. The van der Waals surface area contributed by atoms with E-state index in [1.54, 1.807) is 17.4 Å². The van der Waals surface area contributed by atoms with Gasteiger partial charge in [0.2, 0.25) is 5.91 Å². The van der Waals surface area contributed by atoms with E-state index < -0.39 is 0 Å². The summed E-state index contributed by atoms with van der Waals surface area (Å²) in [4.78, 5) is 19.2. The Bertz CT molecular complexity index is 1030. The summed E-state index contributed by atoms with van der Waals surface area (Å²) in [5.41, 5.74) is 4.15. The van der Waals surface area contributed by atoms with Gasteiger partial charge in [-0.3, -0.25) is 9.78 Å². The topological polar surface area (TPSA) is 46.3 Å². The molecule has 2 aromatic heterocycles. The third kappa shape index (κ3) is 4.99. The van der Waals surface area contributed by atoms with Crippen LogP contribution in [0.1, 0.15) is 17.0 Å². The molecule has 4 nitrogen and oxygen atoms in total. The van der Waals surface area contributed by atoms with Gasteiger partial charge in [0.05, 0.1) is 31.5 Å². The number of benzene rings is 2. The second-order valence-corrected chi connectivity index (χ2v) is 6.89. The first-order valence-electron chi connectivity index (χ1n) is 9.62. The van der Waals surface area contributed by atoms with Gasteiger partial charge in [-0.25, -0.2) is 0 Å². The Morgan fingerprint density at radius 2 is 1.55 bits per heavy atom. The Balaban J connectivity index is 1.48. The fraction of sp³-hybridized carbons (Fsp3) is 0.120. The van der Waals surface area contributed by atoms with Gasteiger partial charge < -0.3 is 9.32 Å². The lowest BCUT2D eigenvalue weighted by molar-refractivity contribution is -0.132. The Labute approximate surface area is 170 Å². The molecule has 4 rings (SSSR count). The molecule has 1 amide bonds. The molecule has 0 bridgehead atoms. The number of amides is 1. The fourth-order valence-corrected chi connectivity index (χ4v) is 3.24. The summed E-state index contributed by atoms with van der Waals surface area (Å²) in [5.74, 6) is 0.799. The van der Waals surface area contributed by atoms with E-state index in [-0.39, 0.29) is 5.91 Å². The predicted molar refractivity (Wildman–Crippen MR) is 113 cm³/mol. The highest BCUT2D eigenvalue weighted by Gasteiger charge is 2.17. The van der Waals surface area contributed by atoms with Crippen LogP contribution in [0.5, 0.6) is 0 Å². The molecule has 0 spiro atoms. The first-order chi connectivity index (χ1) is 14.3. The number of rotatable bonds is 7. The standard InChI is InChI=1S/C25H22N2O2/c28-25(17-20-11-13-22(14-12-20)21-7-2-1-3-8-21)27(19-24-10-6-16-29-24)18-23-9-4-5-15-26-23/h1-16H,17-19H2. The second-order valence-electron chi connectivity index (χ2n) is 6.89. The Morgan fingerprint density at radius 3 is 2.24 bits per heavy atom. The van der Waals surface area contributed by atoms with Crippen molar-refractivity contribution in [1.29, 1.82) is 0 Å². The molecular weight excluding hydrogens is 360 g/mol. The SMILES string of the molecule is O=C(Cc1ccc(-c2ccccc2)cc1)N(Cc1ccccn1)Cc1ccco1. The molecule has 0 atom stereocenters. The lowest BCUT2D eigenvalue weighted by Crippen LogP contribution is -2.31. The minimum absolute atomic E-state index is 0.0412. The summed E-state index contributed by atoms with van der Waals surface area (Å²) in [6.07, 6.45) is 3.71. The molecule has 0 unspecified atom stereocenters. The molecule has 0 aliphatic heterocycles. The maximum absolute atomic E-state index is 13.1. The first kappa shape index (κ1) is 18.7. The van der Waals surface area contributed by atoms with Crippen LogP contribution in [0.4, 0.5) is 0 Å². The van der Waals surface area contributed by atoms with Crippen molar-refractivity contribution >= 4 is 5.91 Å². The third-order valence-corrected chi connectivity index (χ3v) is 4.77. The van der Waals surface area contributed by atoms with Crippen LogP contribution in [0.15, 0.2) is 102 Å². The van der Waals surface area contributed by atoms with Crippen molar-refractivity contribution in [2.75, 3.05) is 0 Å². The quantitative estimate of drug-likeness (QED) is 0.446. The van der Waals surface area contributed by atoms with Crippen LogP contribution in [0.25, 0.3) is 11.1 Å². The van der Waals surface area contributed by atoms with Crippen molar-refractivity contribution in [1.82, 2.24) is 9.88 Å². The van der Waals surface area contributed by atoms with E-state index in [1.165, 1.54) is 5.56 Å². The highest BCUT2D eigenvalue weighted by molar-refractivity contribution is 5.79. The van der Waals surface area contributed by atoms with Gasteiger partial charge in [0, 0.05) is 6.20 Å². The molecule has 0 N–H and O–H groups in total. The zero-order valence-electron chi connectivity index (χ0n) is 16.1. The van der Waals surface area contributed by atoms with E-state index in [0.717, 1.165) is 22.6 Å². The van der Waals surface area contributed by atoms with Crippen molar-refractivity contribution < 1.29 is 9.21 Å². The minimum Gasteiger partial charge on any atom is -0.467 e. The number of pyridine rings is 1. The second kappa shape index (κ2) is 9.02. The summed E-state index contributed by atoms with van der Waals surface area (Å²) in [6, 6.07) is 27.8. The van der Waals surface area contributed by atoms with Gasteiger partial charge in [0.15, 0.2) is 0 Å². The molecule has 2 aromatic carbocycles. The Kier molecular flexibility index (Phi) is 5.81. The highest BCUT2D eigenvalue weighted by atomic mass is 16.3. The summed E-state index contributed by atoms with van der Waals surface area (Å²) in [5, 5.41) is 0. The number of hydrogen-bond acceptors (Lipinski definition) is 3. The molecule has 144 valence electrons. The van der Waals surface area contributed by atoms with Gasteiger partial charge in [0.25, 0.3) is 0 Å². The fourth-order valence-electron chi connectivity index (χ4n) is 3.24. The van der Waals surface area contributed by atoms with Crippen LogP contribution in [0.3, 0.4) is 0 Å². The minimum atomic E-state index is 0.0412. The summed E-state index contributed by atoms with van der Waals surface area (Å²) >= 11 is 0. The number of hydrogen-bond donors (Lipinski definition) is 0. The van der Waals surface area contributed by atoms with Crippen LogP contribution in [0, 0.1) is 0 Å². The largest absolute Gasteiger partial charge is 0.467 e. The number of carbonyl (C=O) groups excluding carboxylic acids is 1. The summed E-state index contributed by atoms with van der Waals surface area (Å²) < 4.78 is 5.45. The molecule has 0 saturated carbocycles. The zero-order valence-corrected chi connectivity index (χ0v) is 16.1. The van der Waals surface area contributed by atoms with Crippen LogP contribution >= 0.6 is 0 Å². The molecule has 0 saturated heterocycles. The average Bonchev–Trinajstić information content (AvgIpc) is 3.28. The molecule has 0 radical (unpaired) electrons. The molecule has 0 aliphatic carbocycles. The zero-order chi connectivity index (χ0) is 19.9. The first-order valence-corrected chi connectivity index (χ1v) is 9.62. The monoisotopic (exact) mass is 382 g/mol. The molecule has 2 heterocycles. The number of nitrogens with zero attached hydrogens (tertiary/aromatic N) is 2. The van der Waals surface area contributed by atoms with Gasteiger partial charge in [0.1, 0.15) is 5.76 Å². The van der Waals surface area contributed by atoms with E-state index in [2.05, 4.69) is 29.2 Å². The van der Waals surface area contributed by atoms with Gasteiger partial charge in [-0.15, -0.1) is 0 Å². The maximum atomic E-state index is 13.1. The molecular formula is C25H22N2O2. The van der Waals surface area contributed by atoms with Crippen molar-refractivity contribution in [2.24, 2.45) is 0 Å². The number of aromatic nitrogens is 1. The van der Waals surface area contributed by atoms with Gasteiger partial charge in [-0.05, 0) is 41.0 Å². The Morgan fingerprint density at radius 1 is 0.793 bits per heavy atom. The molecule has 4 aromatic rings. The smallest absolute Gasteiger partial charge is 0.227 e. The summed E-state index contributed by atoms with van der Waals surface area (Å²) in [6.45, 7) is 0.868. The lowest BCUT2D eigenvalue weighted by Gasteiger charge is -2.21. The molecule has 0 aliphatic rings. The van der Waals surface area contributed by atoms with Crippen LogP contribution in [0.2, 0.25) is 0 Å². The molecule has 0 fully saturated rings. The van der Waals surface area contributed by atoms with Crippen molar-refractivity contribution in [3.05, 3.63) is 114 Å². The van der Waals surface area contributed by atoms with E-state index in [9.17, 15) is 4.79 Å². The van der Waals surface area contributed by atoms with Crippen molar-refractivity contribution in [3.63, 3.8) is 0 Å². The average molecular weight is 382 g/mol. The van der Waals surface area contributed by atoms with Gasteiger partial charge in [-0.2, -0.15) is 0 Å². The van der Waals surface area contributed by atoms with Gasteiger partial charge in [-0.1, -0.05) is 60.7 Å². The van der Waals surface area contributed by atoms with E-state index in [1.807, 2.05) is 60.7 Å². The maximum Gasteiger partial charge on any atom is 0.227 e. The van der Waals surface area contributed by atoms with Gasteiger partial charge >= 0.3 is 0 Å².